The number of hydrogen-bond acceptors (Lipinski definition) is 6. The van der Waals surface area contributed by atoms with Gasteiger partial charge in [-0.3, -0.25) is 0 Å². The molecule has 2 aromatic heterocycles. The van der Waals surface area contributed by atoms with E-state index >= 15 is 0 Å². The summed E-state index contributed by atoms with van der Waals surface area (Å²) in [5.74, 6) is 0.794. The monoisotopic (exact) mass is 266 g/mol. The van der Waals surface area contributed by atoms with E-state index in [1.54, 1.807) is 17.5 Å². The Morgan fingerprint density at radius 2 is 2.22 bits per heavy atom. The second kappa shape index (κ2) is 6.61. The molecule has 0 fully saturated rings. The van der Waals surface area contributed by atoms with Gasteiger partial charge in [0.1, 0.15) is 10.8 Å². The SMILES string of the molecule is CCCNCCCc1nnc(-c2cnoc2C)s1. The van der Waals surface area contributed by atoms with Crippen LogP contribution in [0.4, 0.5) is 0 Å². The van der Waals surface area contributed by atoms with Crippen LogP contribution < -0.4 is 5.32 Å². The fraction of sp³-hybridized carbons (Fsp3) is 0.583. The van der Waals surface area contributed by atoms with Crippen molar-refractivity contribution in [1.82, 2.24) is 20.7 Å². The summed E-state index contributed by atoms with van der Waals surface area (Å²) in [7, 11) is 0. The molecular formula is C12H18N4OS. The standard InChI is InChI=1S/C12H18N4OS/c1-3-6-13-7-4-5-11-15-16-12(18-11)10-8-14-17-9(10)2/h8,13H,3-7H2,1-2H3. The average molecular weight is 266 g/mol. The molecule has 0 saturated carbocycles. The smallest absolute Gasteiger partial charge is 0.152 e. The Kier molecular flexibility index (Phi) is 4.83. The molecule has 0 saturated heterocycles. The molecule has 98 valence electrons. The lowest BCUT2D eigenvalue weighted by Gasteiger charge is -1.99. The number of hydrogen-bond donors (Lipinski definition) is 1. The van der Waals surface area contributed by atoms with Crippen LogP contribution in [-0.4, -0.2) is 28.4 Å². The normalized spacial score (nSPS) is 11.0. The van der Waals surface area contributed by atoms with Crippen LogP contribution in [-0.2, 0) is 6.42 Å². The van der Waals surface area contributed by atoms with E-state index in [1.807, 2.05) is 6.92 Å². The lowest BCUT2D eigenvalue weighted by molar-refractivity contribution is 0.398. The molecule has 2 rings (SSSR count). The molecule has 18 heavy (non-hydrogen) atoms. The second-order valence-electron chi connectivity index (χ2n) is 4.15. The first-order valence-electron chi connectivity index (χ1n) is 6.26. The number of aryl methyl sites for hydroxylation is 2. The van der Waals surface area contributed by atoms with E-state index in [-0.39, 0.29) is 0 Å². The van der Waals surface area contributed by atoms with Crippen molar-refractivity contribution in [2.75, 3.05) is 13.1 Å². The number of rotatable bonds is 7. The van der Waals surface area contributed by atoms with Gasteiger partial charge in [0, 0.05) is 6.42 Å². The zero-order valence-corrected chi connectivity index (χ0v) is 11.6. The minimum atomic E-state index is 0.794. The second-order valence-corrected chi connectivity index (χ2v) is 5.21. The van der Waals surface area contributed by atoms with Crippen LogP contribution in [0, 0.1) is 6.92 Å². The molecule has 0 atom stereocenters. The van der Waals surface area contributed by atoms with Gasteiger partial charge in [-0.1, -0.05) is 23.4 Å². The van der Waals surface area contributed by atoms with Gasteiger partial charge in [-0.25, -0.2) is 0 Å². The maximum absolute atomic E-state index is 5.03. The van der Waals surface area contributed by atoms with Crippen LogP contribution >= 0.6 is 11.3 Å². The van der Waals surface area contributed by atoms with E-state index in [1.165, 1.54) is 6.42 Å². The van der Waals surface area contributed by atoms with E-state index in [0.717, 1.165) is 47.3 Å². The molecule has 0 aliphatic heterocycles. The molecule has 0 unspecified atom stereocenters. The highest BCUT2D eigenvalue weighted by Crippen LogP contribution is 2.26. The number of nitrogens with zero attached hydrogens (tertiary/aromatic N) is 3. The number of nitrogens with one attached hydrogen (secondary N) is 1. The lowest BCUT2D eigenvalue weighted by Crippen LogP contribution is -2.16. The van der Waals surface area contributed by atoms with Gasteiger partial charge in [0.05, 0.1) is 11.8 Å². The highest BCUT2D eigenvalue weighted by atomic mass is 32.1. The maximum atomic E-state index is 5.03. The first-order valence-corrected chi connectivity index (χ1v) is 7.07. The molecule has 0 amide bonds. The first kappa shape index (κ1) is 13.2. The van der Waals surface area contributed by atoms with Gasteiger partial charge in [0.25, 0.3) is 0 Å². The fourth-order valence-corrected chi connectivity index (χ4v) is 2.57. The molecule has 0 spiro atoms. The molecule has 0 aliphatic carbocycles. The molecule has 6 heteroatoms. The lowest BCUT2D eigenvalue weighted by atomic mass is 10.3. The Bertz CT molecular complexity index is 480. The van der Waals surface area contributed by atoms with E-state index in [9.17, 15) is 0 Å². The van der Waals surface area contributed by atoms with E-state index in [4.69, 9.17) is 4.52 Å². The van der Waals surface area contributed by atoms with E-state index in [0.29, 0.717) is 0 Å². The van der Waals surface area contributed by atoms with Crippen molar-refractivity contribution in [1.29, 1.82) is 0 Å². The fourth-order valence-electron chi connectivity index (χ4n) is 1.63. The summed E-state index contributed by atoms with van der Waals surface area (Å²) in [5, 5.41) is 17.5. The highest BCUT2D eigenvalue weighted by Gasteiger charge is 2.11. The molecular weight excluding hydrogens is 248 g/mol. The van der Waals surface area contributed by atoms with Crippen LogP contribution in [0.15, 0.2) is 10.7 Å². The van der Waals surface area contributed by atoms with Gasteiger partial charge < -0.3 is 9.84 Å². The maximum Gasteiger partial charge on any atom is 0.152 e. The summed E-state index contributed by atoms with van der Waals surface area (Å²) < 4.78 is 5.03. The van der Waals surface area contributed by atoms with Crippen LogP contribution in [0.3, 0.4) is 0 Å². The van der Waals surface area contributed by atoms with Crippen molar-refractivity contribution < 1.29 is 4.52 Å². The molecule has 2 heterocycles. The quantitative estimate of drug-likeness (QED) is 0.780. The summed E-state index contributed by atoms with van der Waals surface area (Å²) in [6.07, 6.45) is 4.94. The summed E-state index contributed by atoms with van der Waals surface area (Å²) >= 11 is 1.62. The van der Waals surface area contributed by atoms with Gasteiger partial charge in [-0.05, 0) is 32.9 Å². The molecule has 5 nitrogen and oxygen atoms in total. The van der Waals surface area contributed by atoms with Gasteiger partial charge >= 0.3 is 0 Å². The zero-order valence-electron chi connectivity index (χ0n) is 10.8. The Morgan fingerprint density at radius 3 is 2.94 bits per heavy atom. The van der Waals surface area contributed by atoms with Crippen molar-refractivity contribution in [3.8, 4) is 10.6 Å². The minimum Gasteiger partial charge on any atom is -0.361 e. The van der Waals surface area contributed by atoms with Gasteiger partial charge in [-0.2, -0.15) is 0 Å². The van der Waals surface area contributed by atoms with Crippen molar-refractivity contribution in [3.05, 3.63) is 17.0 Å². The van der Waals surface area contributed by atoms with Crippen LogP contribution in [0.25, 0.3) is 10.6 Å². The van der Waals surface area contributed by atoms with Gasteiger partial charge in [0.2, 0.25) is 0 Å². The van der Waals surface area contributed by atoms with Crippen LogP contribution in [0.1, 0.15) is 30.5 Å². The summed E-state index contributed by atoms with van der Waals surface area (Å²) in [6.45, 7) is 6.18. The van der Waals surface area contributed by atoms with Gasteiger partial charge in [-0.15, -0.1) is 10.2 Å². The molecule has 0 aromatic carbocycles. The highest BCUT2D eigenvalue weighted by molar-refractivity contribution is 7.14. The van der Waals surface area contributed by atoms with Crippen molar-refractivity contribution in [3.63, 3.8) is 0 Å². The Labute approximate surface area is 111 Å². The summed E-state index contributed by atoms with van der Waals surface area (Å²) in [5.41, 5.74) is 0.947. The molecule has 2 aromatic rings. The summed E-state index contributed by atoms with van der Waals surface area (Å²) in [4.78, 5) is 0. The van der Waals surface area contributed by atoms with Crippen LogP contribution in [0.2, 0.25) is 0 Å². The van der Waals surface area contributed by atoms with Crippen LogP contribution in [0.5, 0.6) is 0 Å². The average Bonchev–Trinajstić information content (AvgIpc) is 2.97. The third kappa shape index (κ3) is 3.36. The number of aromatic nitrogens is 3. The molecule has 0 bridgehead atoms. The third-order valence-electron chi connectivity index (χ3n) is 2.62. The predicted octanol–water partition coefficient (Wildman–Crippen LogP) is 2.43. The summed E-state index contributed by atoms with van der Waals surface area (Å²) in [6, 6.07) is 0. The Balaban J connectivity index is 1.85. The van der Waals surface area contributed by atoms with Crippen molar-refractivity contribution >= 4 is 11.3 Å². The largest absolute Gasteiger partial charge is 0.361 e. The third-order valence-corrected chi connectivity index (χ3v) is 3.64. The molecule has 1 N–H and O–H groups in total. The molecule has 0 radical (unpaired) electrons. The van der Waals surface area contributed by atoms with Crippen molar-refractivity contribution in [2.24, 2.45) is 0 Å². The Hall–Kier alpha value is -1.27. The minimum absolute atomic E-state index is 0.794. The molecule has 0 aliphatic rings. The van der Waals surface area contributed by atoms with E-state index < -0.39 is 0 Å². The topological polar surface area (TPSA) is 63.8 Å². The zero-order chi connectivity index (χ0) is 12.8. The predicted molar refractivity (Wildman–Crippen MR) is 71.6 cm³/mol. The Morgan fingerprint density at radius 1 is 1.33 bits per heavy atom. The van der Waals surface area contributed by atoms with Gasteiger partial charge in [0.15, 0.2) is 5.01 Å². The first-order chi connectivity index (χ1) is 8.81. The van der Waals surface area contributed by atoms with Crippen molar-refractivity contribution in [2.45, 2.75) is 33.1 Å². The van der Waals surface area contributed by atoms with E-state index in [2.05, 4.69) is 27.6 Å².